The zero-order valence-corrected chi connectivity index (χ0v) is 11.4. The summed E-state index contributed by atoms with van der Waals surface area (Å²) in [6, 6.07) is 0. The normalized spacial score (nSPS) is 11.2. The molecule has 0 unspecified atom stereocenters. The Balaban J connectivity index is 3.03. The van der Waals surface area contributed by atoms with Crippen molar-refractivity contribution in [1.82, 2.24) is 14.7 Å². The summed E-state index contributed by atoms with van der Waals surface area (Å²) in [6.45, 7) is 4.50. The monoisotopic (exact) mass is 284 g/mol. The standard InChI is InChI=1S/C11H16N4O5/c1-4-13(7-9(16)17)10(18)11(2,3)14-6-8(5-12-14)15(19)20/h5-6H,4,7H2,1-3H3,(H,16,17). The van der Waals surface area contributed by atoms with E-state index in [9.17, 15) is 19.7 Å². The van der Waals surface area contributed by atoms with E-state index in [0.717, 1.165) is 22.0 Å². The third-order valence-electron chi connectivity index (χ3n) is 2.87. The van der Waals surface area contributed by atoms with Gasteiger partial charge < -0.3 is 10.0 Å². The number of carboxylic acid groups (broad SMARTS) is 1. The van der Waals surface area contributed by atoms with Gasteiger partial charge in [-0.1, -0.05) is 0 Å². The number of carbonyl (C=O) groups excluding carboxylic acids is 1. The number of carboxylic acids is 1. The molecule has 1 amide bonds. The number of nitro groups is 1. The molecule has 0 radical (unpaired) electrons. The molecule has 9 nitrogen and oxygen atoms in total. The molecule has 1 aromatic heterocycles. The van der Waals surface area contributed by atoms with E-state index in [2.05, 4.69) is 5.10 Å². The Bertz CT molecular complexity index is 537. The maximum atomic E-state index is 12.3. The van der Waals surface area contributed by atoms with Crippen LogP contribution in [0.4, 0.5) is 5.69 Å². The molecule has 0 aliphatic rings. The van der Waals surface area contributed by atoms with Crippen molar-refractivity contribution in [2.24, 2.45) is 0 Å². The van der Waals surface area contributed by atoms with Crippen LogP contribution >= 0.6 is 0 Å². The SMILES string of the molecule is CCN(CC(=O)O)C(=O)C(C)(C)n1cc([N+](=O)[O-])cn1. The highest BCUT2D eigenvalue weighted by Gasteiger charge is 2.35. The number of hydrogen-bond acceptors (Lipinski definition) is 5. The molecule has 0 atom stereocenters. The largest absolute Gasteiger partial charge is 0.480 e. The van der Waals surface area contributed by atoms with Crippen molar-refractivity contribution in [3.05, 3.63) is 22.5 Å². The Labute approximate surface area is 114 Å². The van der Waals surface area contributed by atoms with E-state index in [1.54, 1.807) is 6.92 Å². The maximum absolute atomic E-state index is 12.3. The Morgan fingerprint density at radius 3 is 2.55 bits per heavy atom. The van der Waals surface area contributed by atoms with Gasteiger partial charge in [0.1, 0.15) is 24.5 Å². The van der Waals surface area contributed by atoms with E-state index in [0.29, 0.717) is 0 Å². The van der Waals surface area contributed by atoms with Gasteiger partial charge in [-0.15, -0.1) is 0 Å². The van der Waals surface area contributed by atoms with Crippen LogP contribution in [0.15, 0.2) is 12.4 Å². The van der Waals surface area contributed by atoms with Crippen LogP contribution in [0.2, 0.25) is 0 Å². The van der Waals surface area contributed by atoms with Gasteiger partial charge in [-0.25, -0.2) is 0 Å². The molecule has 1 aromatic rings. The maximum Gasteiger partial charge on any atom is 0.323 e. The Hall–Kier alpha value is -2.45. The van der Waals surface area contributed by atoms with E-state index in [4.69, 9.17) is 5.11 Å². The average molecular weight is 284 g/mol. The van der Waals surface area contributed by atoms with Crippen LogP contribution in [-0.4, -0.2) is 49.7 Å². The Morgan fingerprint density at radius 1 is 1.55 bits per heavy atom. The summed E-state index contributed by atoms with van der Waals surface area (Å²) in [5.41, 5.74) is -1.44. The minimum Gasteiger partial charge on any atom is -0.480 e. The fraction of sp³-hybridized carbons (Fsp3) is 0.545. The van der Waals surface area contributed by atoms with Gasteiger partial charge in [0.15, 0.2) is 0 Å². The summed E-state index contributed by atoms with van der Waals surface area (Å²) in [5, 5.41) is 23.2. The summed E-state index contributed by atoms with van der Waals surface area (Å²) in [6.07, 6.45) is 2.19. The third-order valence-corrected chi connectivity index (χ3v) is 2.87. The topological polar surface area (TPSA) is 119 Å². The molecule has 1 heterocycles. The highest BCUT2D eigenvalue weighted by molar-refractivity contribution is 5.86. The minimum atomic E-state index is -1.21. The lowest BCUT2D eigenvalue weighted by Crippen LogP contribution is -2.48. The molecule has 110 valence electrons. The first-order valence-electron chi connectivity index (χ1n) is 5.90. The molecule has 0 aliphatic carbocycles. The number of hydrogen-bond donors (Lipinski definition) is 1. The fourth-order valence-electron chi connectivity index (χ4n) is 1.69. The molecule has 0 spiro atoms. The molecule has 0 saturated carbocycles. The van der Waals surface area contributed by atoms with Crippen molar-refractivity contribution >= 4 is 17.6 Å². The van der Waals surface area contributed by atoms with Crippen LogP contribution in [0, 0.1) is 10.1 Å². The second-order valence-corrected chi connectivity index (χ2v) is 4.67. The number of rotatable bonds is 6. The van der Waals surface area contributed by atoms with Gasteiger partial charge in [-0.3, -0.25) is 24.4 Å². The predicted molar refractivity (Wildman–Crippen MR) is 68.1 cm³/mol. The highest BCUT2D eigenvalue weighted by Crippen LogP contribution is 2.21. The Kier molecular flexibility index (Phi) is 4.43. The van der Waals surface area contributed by atoms with Crippen LogP contribution in [0.1, 0.15) is 20.8 Å². The van der Waals surface area contributed by atoms with Crippen LogP contribution in [0.25, 0.3) is 0 Å². The van der Waals surface area contributed by atoms with Crippen LogP contribution in [0.3, 0.4) is 0 Å². The molecular formula is C11H16N4O5. The van der Waals surface area contributed by atoms with Gasteiger partial charge in [0.2, 0.25) is 0 Å². The Morgan fingerprint density at radius 2 is 2.15 bits per heavy atom. The van der Waals surface area contributed by atoms with Gasteiger partial charge in [-0.2, -0.15) is 5.10 Å². The first kappa shape index (κ1) is 15.6. The summed E-state index contributed by atoms with van der Waals surface area (Å²) in [5.74, 6) is -1.59. The zero-order valence-electron chi connectivity index (χ0n) is 11.4. The van der Waals surface area contributed by atoms with Gasteiger partial charge in [0.25, 0.3) is 5.91 Å². The van der Waals surface area contributed by atoms with Crippen LogP contribution in [0.5, 0.6) is 0 Å². The number of aliphatic carboxylic acids is 1. The second kappa shape index (κ2) is 5.68. The molecule has 20 heavy (non-hydrogen) atoms. The summed E-state index contributed by atoms with van der Waals surface area (Å²) in [4.78, 5) is 34.2. The third kappa shape index (κ3) is 3.11. The van der Waals surface area contributed by atoms with Crippen molar-refractivity contribution in [2.75, 3.05) is 13.1 Å². The van der Waals surface area contributed by atoms with Gasteiger partial charge in [-0.05, 0) is 20.8 Å². The predicted octanol–water partition coefficient (Wildman–Crippen LogP) is 0.459. The van der Waals surface area contributed by atoms with Crippen molar-refractivity contribution in [1.29, 1.82) is 0 Å². The van der Waals surface area contributed by atoms with Gasteiger partial charge in [0, 0.05) is 6.54 Å². The smallest absolute Gasteiger partial charge is 0.323 e. The van der Waals surface area contributed by atoms with E-state index in [-0.39, 0.29) is 12.2 Å². The summed E-state index contributed by atoms with van der Waals surface area (Å²) < 4.78 is 1.16. The number of carbonyl (C=O) groups is 2. The van der Waals surface area contributed by atoms with Gasteiger partial charge in [0.05, 0.1) is 4.92 Å². The number of nitrogens with zero attached hydrogens (tertiary/aromatic N) is 4. The summed E-state index contributed by atoms with van der Waals surface area (Å²) >= 11 is 0. The van der Waals surface area contributed by atoms with Crippen LogP contribution < -0.4 is 0 Å². The van der Waals surface area contributed by atoms with Gasteiger partial charge >= 0.3 is 11.7 Å². The molecule has 0 aliphatic heterocycles. The van der Waals surface area contributed by atoms with Crippen LogP contribution in [-0.2, 0) is 15.1 Å². The van der Waals surface area contributed by atoms with E-state index in [1.165, 1.54) is 13.8 Å². The second-order valence-electron chi connectivity index (χ2n) is 4.67. The lowest BCUT2D eigenvalue weighted by atomic mass is 10.0. The molecule has 1 rings (SSSR count). The molecule has 0 fully saturated rings. The van der Waals surface area contributed by atoms with E-state index in [1.807, 2.05) is 0 Å². The van der Waals surface area contributed by atoms with E-state index >= 15 is 0 Å². The van der Waals surface area contributed by atoms with Crippen molar-refractivity contribution < 1.29 is 19.6 Å². The lowest BCUT2D eigenvalue weighted by molar-refractivity contribution is -0.385. The molecule has 1 N–H and O–H groups in total. The average Bonchev–Trinajstić information content (AvgIpc) is 2.85. The molecule has 9 heteroatoms. The number of likely N-dealkylation sites (N-methyl/N-ethyl adjacent to an activating group) is 1. The quantitative estimate of drug-likeness (QED) is 0.598. The fourth-order valence-corrected chi connectivity index (χ4v) is 1.69. The summed E-state index contributed by atoms with van der Waals surface area (Å²) in [7, 11) is 0. The first-order valence-corrected chi connectivity index (χ1v) is 5.90. The van der Waals surface area contributed by atoms with Crippen molar-refractivity contribution in [3.63, 3.8) is 0 Å². The molecule has 0 saturated heterocycles. The molecular weight excluding hydrogens is 268 g/mol. The number of aromatic nitrogens is 2. The molecule has 0 aromatic carbocycles. The lowest BCUT2D eigenvalue weighted by Gasteiger charge is -2.30. The molecule has 0 bridgehead atoms. The van der Waals surface area contributed by atoms with Crippen molar-refractivity contribution in [3.8, 4) is 0 Å². The van der Waals surface area contributed by atoms with Crippen molar-refractivity contribution in [2.45, 2.75) is 26.3 Å². The van der Waals surface area contributed by atoms with E-state index < -0.39 is 28.9 Å². The first-order chi connectivity index (χ1) is 9.20. The minimum absolute atomic E-state index is 0.220. The zero-order chi connectivity index (χ0) is 15.5. The highest BCUT2D eigenvalue weighted by atomic mass is 16.6. The number of amides is 1.